The first-order valence-corrected chi connectivity index (χ1v) is 29.5. The van der Waals surface area contributed by atoms with Crippen molar-refractivity contribution in [2.24, 2.45) is 10.7 Å². The van der Waals surface area contributed by atoms with Crippen molar-refractivity contribution >= 4 is 81.3 Å². The van der Waals surface area contributed by atoms with E-state index in [-0.39, 0.29) is 7.43 Å². The molecule has 20 heteroatoms. The fraction of sp³-hybridized carbons (Fsp3) is 0.617. The van der Waals surface area contributed by atoms with Gasteiger partial charge in [-0.1, -0.05) is 83.4 Å². The van der Waals surface area contributed by atoms with E-state index in [2.05, 4.69) is 54.3 Å². The predicted octanol–water partition coefficient (Wildman–Crippen LogP) is 12.9. The molecule has 1 aliphatic heterocycles. The van der Waals surface area contributed by atoms with Crippen molar-refractivity contribution < 1.29 is 38.0 Å². The molecule has 3 aliphatic carbocycles. The lowest BCUT2D eigenvalue weighted by atomic mass is 9.96. The first kappa shape index (κ1) is 70.6. The number of thiocarbonyl (C=S) groups is 3. The molecule has 7 rings (SSSR count). The number of alkyl carbamates (subject to hydrolysis) is 2. The lowest BCUT2D eigenvalue weighted by molar-refractivity contribution is 0.0509. The van der Waals surface area contributed by atoms with Crippen LogP contribution in [-0.4, -0.2) is 110 Å². The number of anilines is 3. The molecule has 3 saturated carbocycles. The Kier molecular flexibility index (Phi) is 36.6. The largest absolute Gasteiger partial charge is 0.492 e. The molecular weight excluding hydrogens is 1070 g/mol. The number of carbonyl (C=O) groups excluding carboxylic acids is 2. The van der Waals surface area contributed by atoms with E-state index in [1.165, 1.54) is 109 Å². The maximum Gasteiger partial charge on any atom is 0.407 e. The Balaban J connectivity index is 0.000000368. The molecule has 448 valence electrons. The molecule has 80 heavy (non-hydrogen) atoms. The summed E-state index contributed by atoms with van der Waals surface area (Å²) in [6.45, 7) is 15.4. The smallest absolute Gasteiger partial charge is 0.407 e. The molecular formula is C60H97N9O8S3. The van der Waals surface area contributed by atoms with Crippen molar-refractivity contribution in [1.82, 2.24) is 21.3 Å². The molecule has 0 aromatic heterocycles. The Hall–Kier alpha value is -5.50. The van der Waals surface area contributed by atoms with Crippen LogP contribution in [0, 0.1) is 0 Å². The van der Waals surface area contributed by atoms with E-state index >= 15 is 0 Å². The molecule has 0 unspecified atom stereocenters. The summed E-state index contributed by atoms with van der Waals surface area (Å²) in [5.41, 5.74) is 12.5. The van der Waals surface area contributed by atoms with Crippen LogP contribution in [0.5, 0.6) is 17.2 Å². The third-order valence-corrected chi connectivity index (χ3v) is 12.6. The van der Waals surface area contributed by atoms with Gasteiger partial charge in [0.25, 0.3) is 0 Å². The zero-order valence-corrected chi connectivity index (χ0v) is 50.4. The Bertz CT molecular complexity index is 2230. The van der Waals surface area contributed by atoms with Crippen LogP contribution >= 0.6 is 36.7 Å². The number of hydrogen-bond acceptors (Lipinski definition) is 14. The van der Waals surface area contributed by atoms with Crippen molar-refractivity contribution in [3.8, 4) is 17.2 Å². The SMILES string of the molecule is C.C1CCOC1.CC(C)(C)OC(=O)NCCOc1cccc(N)c1.CC(C)(C)OC(=O)NCCOc1cccc(NC(=S)NC2CCCCC2)c1.NCCOc1cccc(NC(=S)NC2CCCCC2)c1.S=C=NC1CCCCC1. The zero-order valence-electron chi connectivity index (χ0n) is 47.9. The average molecular weight is 1170 g/mol. The van der Waals surface area contributed by atoms with Crippen molar-refractivity contribution in [2.75, 3.05) is 69.0 Å². The van der Waals surface area contributed by atoms with Gasteiger partial charge in [-0.15, -0.1) is 0 Å². The van der Waals surface area contributed by atoms with Crippen LogP contribution < -0.4 is 57.6 Å². The van der Waals surface area contributed by atoms with E-state index in [4.69, 9.17) is 64.3 Å². The molecule has 10 N–H and O–H groups in total. The number of nitrogens with zero attached hydrogens (tertiary/aromatic N) is 1. The van der Waals surface area contributed by atoms with Crippen molar-refractivity contribution in [3.63, 3.8) is 0 Å². The lowest BCUT2D eigenvalue weighted by Crippen LogP contribution is -2.38. The van der Waals surface area contributed by atoms with Gasteiger partial charge in [-0.3, -0.25) is 0 Å². The van der Waals surface area contributed by atoms with E-state index < -0.39 is 23.4 Å². The van der Waals surface area contributed by atoms with Gasteiger partial charge in [0.2, 0.25) is 0 Å². The molecule has 4 fully saturated rings. The van der Waals surface area contributed by atoms with E-state index in [1.807, 2.05) is 102 Å². The molecule has 3 aromatic carbocycles. The van der Waals surface area contributed by atoms with E-state index in [1.54, 1.807) is 12.1 Å². The monoisotopic (exact) mass is 1170 g/mol. The average Bonchev–Trinajstić information content (AvgIpc) is 4.00. The Morgan fingerprint density at radius 1 is 0.600 bits per heavy atom. The van der Waals surface area contributed by atoms with Crippen molar-refractivity contribution in [2.45, 2.75) is 187 Å². The zero-order chi connectivity index (χ0) is 57.6. The van der Waals surface area contributed by atoms with Gasteiger partial charge in [-0.05, 0) is 166 Å². The van der Waals surface area contributed by atoms with Crippen LogP contribution in [0.2, 0.25) is 0 Å². The second-order valence-corrected chi connectivity index (χ2v) is 22.5. The second kappa shape index (κ2) is 41.5. The minimum absolute atomic E-state index is 0. The summed E-state index contributed by atoms with van der Waals surface area (Å²) in [6, 6.07) is 24.0. The summed E-state index contributed by atoms with van der Waals surface area (Å²) in [4.78, 5) is 27.0. The van der Waals surface area contributed by atoms with Crippen molar-refractivity contribution in [1.29, 1.82) is 0 Å². The third kappa shape index (κ3) is 36.7. The molecule has 3 aromatic rings. The van der Waals surface area contributed by atoms with Gasteiger partial charge in [0, 0.05) is 67.1 Å². The summed E-state index contributed by atoms with van der Waals surface area (Å²) in [5.74, 6) is 2.20. The molecule has 0 radical (unpaired) electrons. The van der Waals surface area contributed by atoms with Crippen LogP contribution in [-0.2, 0) is 14.2 Å². The highest BCUT2D eigenvalue weighted by molar-refractivity contribution is 7.80. The van der Waals surface area contributed by atoms with Gasteiger partial charge in [0.15, 0.2) is 10.2 Å². The normalized spacial score (nSPS) is 15.2. The summed E-state index contributed by atoms with van der Waals surface area (Å²) in [7, 11) is 0. The quantitative estimate of drug-likeness (QED) is 0.0289. The molecule has 1 heterocycles. The number of amides is 2. The molecule has 0 bridgehead atoms. The summed E-state index contributed by atoms with van der Waals surface area (Å²) >= 11 is 15.3. The molecule has 2 amide bonds. The minimum Gasteiger partial charge on any atom is -0.492 e. The number of carbonyl (C=O) groups is 2. The van der Waals surface area contributed by atoms with Crippen LogP contribution in [0.1, 0.15) is 158 Å². The highest BCUT2D eigenvalue weighted by Crippen LogP contribution is 2.23. The second-order valence-electron chi connectivity index (χ2n) is 21.5. The number of rotatable bonds is 16. The minimum atomic E-state index is -0.505. The molecule has 1 saturated heterocycles. The van der Waals surface area contributed by atoms with Crippen LogP contribution in [0.15, 0.2) is 77.8 Å². The summed E-state index contributed by atoms with van der Waals surface area (Å²) in [6.07, 6.45) is 20.7. The number of ether oxygens (including phenoxy) is 6. The predicted molar refractivity (Wildman–Crippen MR) is 339 cm³/mol. The number of aliphatic imine (C=N–C) groups is 1. The van der Waals surface area contributed by atoms with Gasteiger partial charge in [-0.2, -0.15) is 0 Å². The molecule has 17 nitrogen and oxygen atoms in total. The number of nitrogens with two attached hydrogens (primary N) is 2. The molecule has 0 spiro atoms. The first-order chi connectivity index (χ1) is 37.9. The van der Waals surface area contributed by atoms with Gasteiger partial charge < -0.3 is 71.8 Å². The molecule has 4 aliphatic rings. The van der Waals surface area contributed by atoms with Gasteiger partial charge in [0.1, 0.15) is 48.3 Å². The van der Waals surface area contributed by atoms with E-state index in [9.17, 15) is 9.59 Å². The highest BCUT2D eigenvalue weighted by atomic mass is 32.1. The maximum atomic E-state index is 11.6. The summed E-state index contributed by atoms with van der Waals surface area (Å²) < 4.78 is 31.8. The van der Waals surface area contributed by atoms with Crippen LogP contribution in [0.4, 0.5) is 26.7 Å². The highest BCUT2D eigenvalue weighted by Gasteiger charge is 2.18. The lowest BCUT2D eigenvalue weighted by Gasteiger charge is -2.24. The third-order valence-electron chi connectivity index (χ3n) is 12.0. The summed E-state index contributed by atoms with van der Waals surface area (Å²) in [5, 5.41) is 22.3. The number of hydrogen-bond donors (Lipinski definition) is 8. The topological polar surface area (TPSA) is 226 Å². The van der Waals surface area contributed by atoms with Crippen LogP contribution in [0.3, 0.4) is 0 Å². The Labute approximate surface area is 495 Å². The Morgan fingerprint density at radius 3 is 1.38 bits per heavy atom. The Morgan fingerprint density at radius 2 is 1.00 bits per heavy atom. The fourth-order valence-electron chi connectivity index (χ4n) is 8.37. The van der Waals surface area contributed by atoms with Crippen molar-refractivity contribution in [3.05, 3.63) is 72.8 Å². The standard InChI is InChI=1S/C20H31N3O3S.C15H23N3OS.C13H20N2O3.C7H11NS.C4H8O.CH4/c1-20(2,3)26-19(24)21-12-13-25-17-11-7-10-16(14-17)23-18(27)22-15-8-5-4-6-9-15;16-9-10-19-14-8-4-7-13(11-14)18-15(20)17-12-5-2-1-3-6-12;1-13(2,3)18-12(16)15-7-8-17-11-6-4-5-10(14)9-11;9-6-8-7-4-2-1-3-5-7;1-2-4-5-3-1;/h7,10-11,14-15H,4-6,8-9,12-13H2,1-3H3,(H,21,24)(H2,22,23,27);4,7-8,11-12H,1-3,5-6,9-10,16H2,(H2,17,18,20);4-6,9H,7-8,14H2,1-3H3,(H,15,16);7H,1-5H2;1-4H2;1H4. The number of nitrogens with one attached hydrogen (secondary N) is 6. The molecule has 0 atom stereocenters. The maximum absolute atomic E-state index is 11.6. The van der Waals surface area contributed by atoms with Gasteiger partial charge in [-0.25, -0.2) is 14.6 Å². The van der Waals surface area contributed by atoms with E-state index in [0.717, 1.165) is 30.3 Å². The number of nitrogen functional groups attached to an aromatic ring is 1. The first-order valence-electron chi connectivity index (χ1n) is 28.3. The number of benzene rings is 3. The fourth-order valence-corrected chi connectivity index (χ4v) is 9.09. The van der Waals surface area contributed by atoms with Gasteiger partial charge in [0.05, 0.1) is 24.3 Å². The number of isothiocyanates is 1. The van der Waals surface area contributed by atoms with Crippen LogP contribution in [0.25, 0.3) is 0 Å². The van der Waals surface area contributed by atoms with Gasteiger partial charge >= 0.3 is 12.2 Å². The van der Waals surface area contributed by atoms with E-state index in [0.29, 0.717) is 85.0 Å².